The van der Waals surface area contributed by atoms with Gasteiger partial charge in [0.1, 0.15) is 0 Å². The molecule has 33 heavy (non-hydrogen) atoms. The maximum atomic E-state index is 3.31. The molecule has 0 atom stereocenters. The topological polar surface area (TPSA) is 0 Å². The lowest BCUT2D eigenvalue weighted by atomic mass is 9.78. The highest BCUT2D eigenvalue weighted by atomic mass is 14.2. The van der Waals surface area contributed by atoms with E-state index in [-0.39, 0.29) is 0 Å². The van der Waals surface area contributed by atoms with Gasteiger partial charge in [0.2, 0.25) is 0 Å². The van der Waals surface area contributed by atoms with Gasteiger partial charge in [0, 0.05) is 23.1 Å². The van der Waals surface area contributed by atoms with Gasteiger partial charge >= 0.3 is 0 Å². The van der Waals surface area contributed by atoms with Crippen molar-refractivity contribution in [3.05, 3.63) is 70.8 Å². The molecule has 0 radical (unpaired) electrons. The molecule has 0 spiro atoms. The number of hydrogen-bond acceptors (Lipinski definition) is 0. The average Bonchev–Trinajstić information content (AvgIpc) is 2.87. The fourth-order valence-electron chi connectivity index (χ4n) is 4.82. The summed E-state index contributed by atoms with van der Waals surface area (Å²) in [4.78, 5) is 0. The molecular weight excluding hydrogens is 396 g/mol. The Balaban J connectivity index is 1.41. The van der Waals surface area contributed by atoms with E-state index in [2.05, 4.69) is 86.1 Å². The van der Waals surface area contributed by atoms with Crippen molar-refractivity contribution in [2.75, 3.05) is 0 Å². The maximum Gasteiger partial charge on any atom is 0.0249 e. The van der Waals surface area contributed by atoms with Crippen LogP contribution in [-0.4, -0.2) is 0 Å². The third-order valence-electron chi connectivity index (χ3n) is 7.21. The molecule has 0 amide bonds. The van der Waals surface area contributed by atoms with Crippen LogP contribution in [0.5, 0.6) is 0 Å². The van der Waals surface area contributed by atoms with E-state index in [1.54, 1.807) is 0 Å². The Morgan fingerprint density at radius 3 is 1.79 bits per heavy atom. The summed E-state index contributed by atoms with van der Waals surface area (Å²) in [6, 6.07) is 17.2. The first-order valence-electron chi connectivity index (χ1n) is 13.5. The molecule has 1 aliphatic carbocycles. The predicted molar refractivity (Wildman–Crippen MR) is 143 cm³/mol. The van der Waals surface area contributed by atoms with E-state index in [1.807, 2.05) is 0 Å². The minimum absolute atomic E-state index is 0.936. The van der Waals surface area contributed by atoms with E-state index >= 15 is 0 Å². The highest BCUT2D eigenvalue weighted by molar-refractivity contribution is 5.46. The first-order valence-corrected chi connectivity index (χ1v) is 13.5. The Morgan fingerprint density at radius 1 is 0.636 bits per heavy atom. The Bertz CT molecular complexity index is 916. The van der Waals surface area contributed by atoms with Crippen molar-refractivity contribution < 1.29 is 0 Å². The zero-order valence-corrected chi connectivity index (χ0v) is 21.0. The van der Waals surface area contributed by atoms with Crippen LogP contribution in [0.4, 0.5) is 0 Å². The van der Waals surface area contributed by atoms with Crippen molar-refractivity contribution >= 4 is 0 Å². The predicted octanol–water partition coefficient (Wildman–Crippen LogP) is 8.95. The van der Waals surface area contributed by atoms with Crippen molar-refractivity contribution in [3.63, 3.8) is 0 Å². The Kier molecular flexibility index (Phi) is 11.2. The number of benzene rings is 2. The zero-order valence-electron chi connectivity index (χ0n) is 21.0. The van der Waals surface area contributed by atoms with Crippen molar-refractivity contribution in [1.82, 2.24) is 0 Å². The second kappa shape index (κ2) is 14.7. The summed E-state index contributed by atoms with van der Waals surface area (Å²) in [6.45, 7) is 4.60. The summed E-state index contributed by atoms with van der Waals surface area (Å²) in [7, 11) is 0. The van der Waals surface area contributed by atoms with Crippen LogP contribution in [0.25, 0.3) is 0 Å². The summed E-state index contributed by atoms with van der Waals surface area (Å²) in [5, 5.41) is 0. The Morgan fingerprint density at radius 2 is 1.18 bits per heavy atom. The third kappa shape index (κ3) is 9.52. The molecular formula is C33H42. The number of hydrogen-bond donors (Lipinski definition) is 0. The molecule has 3 rings (SSSR count). The van der Waals surface area contributed by atoms with Gasteiger partial charge < -0.3 is 0 Å². The van der Waals surface area contributed by atoms with Crippen LogP contribution in [0, 0.1) is 35.5 Å². The van der Waals surface area contributed by atoms with Gasteiger partial charge in [-0.1, -0.05) is 107 Å². The number of rotatable bonds is 9. The maximum absolute atomic E-state index is 3.31. The molecule has 1 fully saturated rings. The van der Waals surface area contributed by atoms with Crippen LogP contribution < -0.4 is 0 Å². The molecule has 1 aliphatic rings. The summed E-state index contributed by atoms with van der Waals surface area (Å²) >= 11 is 0. The van der Waals surface area contributed by atoms with Gasteiger partial charge in [-0.25, -0.2) is 0 Å². The molecule has 0 N–H and O–H groups in total. The Labute approximate surface area is 203 Å². The molecule has 1 saturated carbocycles. The lowest BCUT2D eigenvalue weighted by Gasteiger charge is -2.27. The largest absolute Gasteiger partial charge is 0.0979 e. The van der Waals surface area contributed by atoms with Crippen LogP contribution in [0.3, 0.4) is 0 Å². The van der Waals surface area contributed by atoms with Crippen LogP contribution in [-0.2, 0) is 6.42 Å². The molecule has 0 bridgehead atoms. The first kappa shape index (κ1) is 25.2. The van der Waals surface area contributed by atoms with Crippen LogP contribution in [0.15, 0.2) is 48.5 Å². The molecule has 0 heteroatoms. The lowest BCUT2D eigenvalue weighted by molar-refractivity contribution is 0.259. The fraction of sp³-hybridized carbons (Fsp3) is 0.515. The quantitative estimate of drug-likeness (QED) is 0.271. The van der Waals surface area contributed by atoms with E-state index in [1.165, 1.54) is 82.6 Å². The van der Waals surface area contributed by atoms with E-state index in [4.69, 9.17) is 0 Å². The molecule has 2 aromatic rings. The SMILES string of the molecule is CCCCCCCC#Cc1ccc(C#Cc2ccc(CCC3CCC(CC)CC3)cc2)cc1. The fourth-order valence-corrected chi connectivity index (χ4v) is 4.82. The molecule has 2 aromatic carbocycles. The van der Waals surface area contributed by atoms with E-state index in [0.29, 0.717) is 0 Å². The van der Waals surface area contributed by atoms with Gasteiger partial charge in [0.15, 0.2) is 0 Å². The second-order valence-corrected chi connectivity index (χ2v) is 9.82. The Hall–Kier alpha value is -2.44. The lowest BCUT2D eigenvalue weighted by Crippen LogP contribution is -2.14. The summed E-state index contributed by atoms with van der Waals surface area (Å²) in [5.41, 5.74) is 4.68. The van der Waals surface area contributed by atoms with Crippen molar-refractivity contribution in [2.24, 2.45) is 11.8 Å². The molecule has 0 nitrogen and oxygen atoms in total. The van der Waals surface area contributed by atoms with Gasteiger partial charge in [-0.05, 0) is 73.1 Å². The van der Waals surface area contributed by atoms with E-state index < -0.39 is 0 Å². The normalized spacial score (nSPS) is 17.5. The minimum Gasteiger partial charge on any atom is -0.0979 e. The molecule has 174 valence electrons. The van der Waals surface area contributed by atoms with E-state index in [0.717, 1.165) is 34.9 Å². The van der Waals surface area contributed by atoms with Crippen LogP contribution in [0.1, 0.15) is 113 Å². The highest BCUT2D eigenvalue weighted by Gasteiger charge is 2.19. The summed E-state index contributed by atoms with van der Waals surface area (Å²) < 4.78 is 0. The molecule has 0 unspecified atom stereocenters. The molecule has 0 aliphatic heterocycles. The smallest absolute Gasteiger partial charge is 0.0249 e. The monoisotopic (exact) mass is 438 g/mol. The summed E-state index contributed by atoms with van der Waals surface area (Å²) in [6.07, 6.45) is 17.2. The third-order valence-corrected chi connectivity index (χ3v) is 7.21. The zero-order chi connectivity index (χ0) is 23.1. The average molecular weight is 439 g/mol. The van der Waals surface area contributed by atoms with Gasteiger partial charge in [-0.2, -0.15) is 0 Å². The molecule has 0 aromatic heterocycles. The van der Waals surface area contributed by atoms with Gasteiger partial charge in [0.25, 0.3) is 0 Å². The molecule has 0 saturated heterocycles. The highest BCUT2D eigenvalue weighted by Crippen LogP contribution is 2.33. The van der Waals surface area contributed by atoms with Crippen LogP contribution in [0.2, 0.25) is 0 Å². The van der Waals surface area contributed by atoms with Gasteiger partial charge in [-0.15, -0.1) is 0 Å². The van der Waals surface area contributed by atoms with Gasteiger partial charge in [-0.3, -0.25) is 0 Å². The minimum atomic E-state index is 0.936. The molecule has 0 heterocycles. The first-order chi connectivity index (χ1) is 16.3. The van der Waals surface area contributed by atoms with Crippen molar-refractivity contribution in [3.8, 4) is 23.7 Å². The van der Waals surface area contributed by atoms with E-state index in [9.17, 15) is 0 Å². The standard InChI is InChI=1S/C33H42/c1-3-5-6-7-8-9-10-11-29-16-18-31(19-17-29)22-23-33-26-24-32(25-27-33)21-20-30-14-12-28(4-2)13-15-30/h16-19,24-28,30H,3-9,12-15,20-21H2,1-2H3. The second-order valence-electron chi connectivity index (χ2n) is 9.82. The van der Waals surface area contributed by atoms with Crippen LogP contribution >= 0.6 is 0 Å². The van der Waals surface area contributed by atoms with Crippen molar-refractivity contribution in [2.45, 2.75) is 97.3 Å². The van der Waals surface area contributed by atoms with Crippen molar-refractivity contribution in [1.29, 1.82) is 0 Å². The van der Waals surface area contributed by atoms with Gasteiger partial charge in [0.05, 0.1) is 0 Å². The summed E-state index contributed by atoms with van der Waals surface area (Å²) in [5.74, 6) is 15.1. The number of aryl methyl sites for hydroxylation is 1. The number of unbranched alkanes of at least 4 members (excludes halogenated alkanes) is 5.